The Labute approximate surface area is 154 Å². The lowest BCUT2D eigenvalue weighted by molar-refractivity contribution is -0.131. The number of esters is 1. The molecule has 136 valence electrons. The maximum atomic E-state index is 13.2. The maximum Gasteiger partial charge on any atom is 0.308 e. The number of aromatic amines is 1. The Bertz CT molecular complexity index is 1220. The highest BCUT2D eigenvalue weighted by molar-refractivity contribution is 5.86. The van der Waals surface area contributed by atoms with Crippen molar-refractivity contribution in [3.05, 3.63) is 57.9 Å². The van der Waals surface area contributed by atoms with E-state index in [9.17, 15) is 9.59 Å². The summed E-state index contributed by atoms with van der Waals surface area (Å²) in [6.07, 6.45) is 0.617. The minimum atomic E-state index is -0.415. The van der Waals surface area contributed by atoms with Crippen LogP contribution < -0.4 is 10.2 Å². The van der Waals surface area contributed by atoms with E-state index < -0.39 is 5.97 Å². The number of para-hydroxylation sites is 2. The Morgan fingerprint density at radius 3 is 2.74 bits per heavy atom. The van der Waals surface area contributed by atoms with Crippen molar-refractivity contribution in [1.29, 1.82) is 0 Å². The fourth-order valence-corrected chi connectivity index (χ4v) is 3.25. The van der Waals surface area contributed by atoms with Crippen LogP contribution in [-0.4, -0.2) is 15.9 Å². The van der Waals surface area contributed by atoms with E-state index in [4.69, 9.17) is 9.15 Å². The van der Waals surface area contributed by atoms with Crippen molar-refractivity contribution in [1.82, 2.24) is 9.97 Å². The number of ether oxygens (including phenoxy) is 1. The third-order valence-electron chi connectivity index (χ3n) is 4.51. The van der Waals surface area contributed by atoms with Crippen molar-refractivity contribution in [3.63, 3.8) is 0 Å². The molecule has 0 amide bonds. The van der Waals surface area contributed by atoms with Gasteiger partial charge in [-0.1, -0.05) is 19.1 Å². The first-order valence-electron chi connectivity index (χ1n) is 8.71. The second-order valence-corrected chi connectivity index (χ2v) is 6.37. The molecule has 6 heteroatoms. The van der Waals surface area contributed by atoms with E-state index in [1.54, 1.807) is 19.1 Å². The van der Waals surface area contributed by atoms with Crippen LogP contribution in [0.25, 0.3) is 33.4 Å². The van der Waals surface area contributed by atoms with Crippen LogP contribution in [0.5, 0.6) is 5.75 Å². The third kappa shape index (κ3) is 2.89. The van der Waals surface area contributed by atoms with Crippen molar-refractivity contribution in [2.45, 2.75) is 27.2 Å². The normalized spacial score (nSPS) is 11.2. The van der Waals surface area contributed by atoms with Gasteiger partial charge < -0.3 is 14.1 Å². The summed E-state index contributed by atoms with van der Waals surface area (Å²) < 4.78 is 11.2. The fourth-order valence-electron chi connectivity index (χ4n) is 3.25. The zero-order valence-electron chi connectivity index (χ0n) is 15.3. The summed E-state index contributed by atoms with van der Waals surface area (Å²) in [4.78, 5) is 32.3. The van der Waals surface area contributed by atoms with Gasteiger partial charge in [0.25, 0.3) is 0 Å². The molecule has 27 heavy (non-hydrogen) atoms. The zero-order valence-corrected chi connectivity index (χ0v) is 15.3. The van der Waals surface area contributed by atoms with Gasteiger partial charge >= 0.3 is 5.97 Å². The lowest BCUT2D eigenvalue weighted by Gasteiger charge is -2.10. The van der Waals surface area contributed by atoms with Gasteiger partial charge in [0.15, 0.2) is 0 Å². The van der Waals surface area contributed by atoms with Gasteiger partial charge in [-0.25, -0.2) is 4.98 Å². The molecule has 0 aliphatic carbocycles. The third-order valence-corrected chi connectivity index (χ3v) is 4.51. The number of hydrogen-bond donors (Lipinski definition) is 1. The number of fused-ring (bicyclic) bond motifs is 2. The van der Waals surface area contributed by atoms with Crippen molar-refractivity contribution >= 4 is 28.0 Å². The molecular formula is C21H18N2O4. The first kappa shape index (κ1) is 17.0. The smallest absolute Gasteiger partial charge is 0.308 e. The number of nitrogens with zero attached hydrogens (tertiary/aromatic N) is 1. The summed E-state index contributed by atoms with van der Waals surface area (Å²) in [6.45, 7) is 5.00. The van der Waals surface area contributed by atoms with E-state index in [2.05, 4.69) is 9.97 Å². The van der Waals surface area contributed by atoms with Crippen molar-refractivity contribution < 1.29 is 13.9 Å². The summed E-state index contributed by atoms with van der Waals surface area (Å²) in [7, 11) is 0. The highest BCUT2D eigenvalue weighted by atomic mass is 16.5. The number of nitrogens with one attached hydrogen (secondary N) is 1. The van der Waals surface area contributed by atoms with Crippen LogP contribution in [0.4, 0.5) is 0 Å². The Morgan fingerprint density at radius 1 is 1.26 bits per heavy atom. The lowest BCUT2D eigenvalue weighted by Crippen LogP contribution is -2.10. The molecule has 0 bridgehead atoms. The summed E-state index contributed by atoms with van der Waals surface area (Å²) in [5.74, 6) is 0.926. The minimum absolute atomic E-state index is 0.170. The standard InChI is InChI=1S/C21H18N2O4/c1-4-13-9-14-18(10-17(13)27-12(3)24)26-11(2)19(20(14)25)21-22-15-7-5-6-8-16(15)23-21/h5-10H,4H2,1-3H3,(H,22,23). The van der Waals surface area contributed by atoms with E-state index in [1.165, 1.54) is 6.92 Å². The average molecular weight is 362 g/mol. The van der Waals surface area contributed by atoms with Gasteiger partial charge in [-0.3, -0.25) is 9.59 Å². The summed E-state index contributed by atoms with van der Waals surface area (Å²) in [5, 5.41) is 0.434. The monoisotopic (exact) mass is 362 g/mol. The van der Waals surface area contributed by atoms with Crippen LogP contribution in [-0.2, 0) is 11.2 Å². The first-order valence-corrected chi connectivity index (χ1v) is 8.71. The number of aryl methyl sites for hydroxylation is 2. The largest absolute Gasteiger partial charge is 0.460 e. The van der Waals surface area contributed by atoms with Gasteiger partial charge in [-0.05, 0) is 37.1 Å². The van der Waals surface area contributed by atoms with Gasteiger partial charge in [0.05, 0.1) is 16.4 Å². The molecule has 0 radical (unpaired) electrons. The predicted molar refractivity (Wildman–Crippen MR) is 103 cm³/mol. The second-order valence-electron chi connectivity index (χ2n) is 6.37. The minimum Gasteiger partial charge on any atom is -0.460 e. The quantitative estimate of drug-likeness (QED) is 0.437. The van der Waals surface area contributed by atoms with Gasteiger partial charge in [0.1, 0.15) is 28.5 Å². The van der Waals surface area contributed by atoms with Crippen molar-refractivity contribution in [2.24, 2.45) is 0 Å². The number of carbonyl (C=O) groups is 1. The van der Waals surface area contributed by atoms with Gasteiger partial charge in [-0.15, -0.1) is 0 Å². The molecule has 2 aromatic carbocycles. The molecule has 4 rings (SSSR count). The van der Waals surface area contributed by atoms with Crippen LogP contribution in [0.15, 0.2) is 45.6 Å². The second kappa shape index (κ2) is 6.39. The number of hydrogen-bond acceptors (Lipinski definition) is 5. The Hall–Kier alpha value is -3.41. The van der Waals surface area contributed by atoms with Crippen LogP contribution >= 0.6 is 0 Å². The SMILES string of the molecule is CCc1cc2c(=O)c(-c3nc4ccccc4[nH]3)c(C)oc2cc1OC(C)=O. The Balaban J connectivity index is 1.97. The number of imidazole rings is 1. The Morgan fingerprint density at radius 2 is 2.04 bits per heavy atom. The highest BCUT2D eigenvalue weighted by Crippen LogP contribution is 2.29. The number of benzene rings is 2. The van der Waals surface area contributed by atoms with E-state index in [-0.39, 0.29) is 5.43 Å². The molecule has 6 nitrogen and oxygen atoms in total. The molecule has 0 unspecified atom stereocenters. The summed E-state index contributed by atoms with van der Waals surface area (Å²) in [6, 6.07) is 10.9. The molecule has 0 saturated carbocycles. The number of carbonyl (C=O) groups excluding carboxylic acids is 1. The lowest BCUT2D eigenvalue weighted by atomic mass is 10.0. The highest BCUT2D eigenvalue weighted by Gasteiger charge is 2.19. The number of rotatable bonds is 3. The molecule has 2 heterocycles. The van der Waals surface area contributed by atoms with E-state index in [0.29, 0.717) is 40.3 Å². The zero-order chi connectivity index (χ0) is 19.1. The topological polar surface area (TPSA) is 85.2 Å². The van der Waals surface area contributed by atoms with Crippen molar-refractivity contribution in [2.75, 3.05) is 0 Å². The summed E-state index contributed by atoms with van der Waals surface area (Å²) >= 11 is 0. The molecule has 0 fully saturated rings. The number of aromatic nitrogens is 2. The Kier molecular flexibility index (Phi) is 4.03. The van der Waals surface area contributed by atoms with Gasteiger partial charge in [0.2, 0.25) is 5.43 Å². The van der Waals surface area contributed by atoms with Crippen LogP contribution in [0, 0.1) is 6.92 Å². The van der Waals surface area contributed by atoms with Crippen LogP contribution in [0.3, 0.4) is 0 Å². The molecule has 0 aliphatic rings. The molecule has 2 aromatic heterocycles. The van der Waals surface area contributed by atoms with E-state index in [1.807, 2.05) is 31.2 Å². The predicted octanol–water partition coefficient (Wildman–Crippen LogP) is 4.13. The van der Waals surface area contributed by atoms with E-state index >= 15 is 0 Å². The molecule has 1 N–H and O–H groups in total. The van der Waals surface area contributed by atoms with Crippen LogP contribution in [0.2, 0.25) is 0 Å². The molecule has 0 spiro atoms. The summed E-state index contributed by atoms with van der Waals surface area (Å²) in [5.41, 5.74) is 3.02. The molecule has 0 aliphatic heterocycles. The van der Waals surface area contributed by atoms with Gasteiger partial charge in [0, 0.05) is 13.0 Å². The van der Waals surface area contributed by atoms with E-state index in [0.717, 1.165) is 16.6 Å². The maximum absolute atomic E-state index is 13.2. The molecular weight excluding hydrogens is 344 g/mol. The van der Waals surface area contributed by atoms with Crippen molar-refractivity contribution in [3.8, 4) is 17.1 Å². The molecule has 0 atom stereocenters. The number of H-pyrrole nitrogens is 1. The molecule has 0 saturated heterocycles. The average Bonchev–Trinajstić information content (AvgIpc) is 3.04. The first-order chi connectivity index (χ1) is 13.0. The fraction of sp³-hybridized carbons (Fsp3) is 0.190. The van der Waals surface area contributed by atoms with Gasteiger partial charge in [-0.2, -0.15) is 0 Å². The molecule has 4 aromatic rings. The van der Waals surface area contributed by atoms with Crippen LogP contribution in [0.1, 0.15) is 25.2 Å².